The molecule has 2 atom stereocenters. The van der Waals surface area contributed by atoms with Crippen LogP contribution in [0.25, 0.3) is 0 Å². The molecule has 6 fully saturated rings. The standard InChI is InChI=1S/C26H43N2O10P/c1-19(2)13-22(29)35-18-38-39(32,36-16-25(14-33-3)23(30)20-5-9-27(25)10-6-20)37-17-26(15-34-4)24(31)21-7-11-28(26)12-8-21/h19-21H,5-18H2,1-4H3. The van der Waals surface area contributed by atoms with Crippen molar-refractivity contribution in [3.8, 4) is 0 Å². The fourth-order valence-electron chi connectivity index (χ4n) is 6.45. The fourth-order valence-corrected chi connectivity index (χ4v) is 7.60. The maximum Gasteiger partial charge on any atom is 0.477 e. The van der Waals surface area contributed by atoms with E-state index >= 15 is 0 Å². The minimum Gasteiger partial charge on any atom is -0.438 e. The molecular weight excluding hydrogens is 531 g/mol. The third-order valence-electron chi connectivity index (χ3n) is 8.55. The Hall–Kier alpha value is -1.24. The summed E-state index contributed by atoms with van der Waals surface area (Å²) in [4.78, 5) is 42.9. The molecule has 12 nitrogen and oxygen atoms in total. The molecule has 0 spiro atoms. The molecule has 6 aliphatic rings. The Kier molecular flexibility index (Phi) is 10.0. The second-order valence-corrected chi connectivity index (χ2v) is 13.2. The largest absolute Gasteiger partial charge is 0.477 e. The number of carbonyl (C=O) groups is 3. The van der Waals surface area contributed by atoms with Gasteiger partial charge in [-0.15, -0.1) is 0 Å². The fraction of sp³-hybridized carbons (Fsp3) is 0.885. The lowest BCUT2D eigenvalue weighted by Gasteiger charge is -2.52. The van der Waals surface area contributed by atoms with E-state index in [-0.39, 0.29) is 62.2 Å². The van der Waals surface area contributed by atoms with Crippen molar-refractivity contribution in [2.75, 3.05) is 73.6 Å². The summed E-state index contributed by atoms with van der Waals surface area (Å²) < 4.78 is 47.1. The summed E-state index contributed by atoms with van der Waals surface area (Å²) in [6.45, 7) is 5.44. The number of nitrogens with zero attached hydrogens (tertiary/aromatic N) is 2. The molecule has 0 aromatic carbocycles. The zero-order chi connectivity index (χ0) is 28.3. The number of phosphoric ester groups is 1. The Bertz CT molecular complexity index is 889. The van der Waals surface area contributed by atoms with E-state index in [1.54, 1.807) is 0 Å². The van der Waals surface area contributed by atoms with Crippen LogP contribution in [-0.2, 0) is 46.7 Å². The van der Waals surface area contributed by atoms with E-state index in [1.807, 2.05) is 23.6 Å². The van der Waals surface area contributed by atoms with Crippen LogP contribution < -0.4 is 0 Å². The lowest BCUT2D eigenvalue weighted by molar-refractivity contribution is -0.160. The molecule has 4 bridgehead atoms. The van der Waals surface area contributed by atoms with Crippen LogP contribution in [0.4, 0.5) is 0 Å². The molecule has 6 aliphatic heterocycles. The number of ketones is 2. The van der Waals surface area contributed by atoms with Gasteiger partial charge in [-0.2, -0.15) is 0 Å². The van der Waals surface area contributed by atoms with Crippen molar-refractivity contribution < 1.29 is 46.7 Å². The van der Waals surface area contributed by atoms with Crippen molar-refractivity contribution in [1.29, 1.82) is 0 Å². The topological polar surface area (TPSA) is 130 Å². The molecule has 0 radical (unpaired) electrons. The normalized spacial score (nSPS) is 35.4. The molecule has 0 aliphatic carbocycles. The zero-order valence-electron chi connectivity index (χ0n) is 23.6. The molecule has 222 valence electrons. The Morgan fingerprint density at radius 2 is 1.26 bits per heavy atom. The van der Waals surface area contributed by atoms with Gasteiger partial charge in [0.05, 0.1) is 26.4 Å². The Labute approximate surface area is 230 Å². The van der Waals surface area contributed by atoms with Gasteiger partial charge in [-0.05, 0) is 57.8 Å². The molecule has 13 heteroatoms. The summed E-state index contributed by atoms with van der Waals surface area (Å²) >= 11 is 0. The van der Waals surface area contributed by atoms with Crippen molar-refractivity contribution in [3.63, 3.8) is 0 Å². The van der Waals surface area contributed by atoms with E-state index in [1.165, 1.54) is 14.2 Å². The Morgan fingerprint density at radius 1 is 0.821 bits per heavy atom. The van der Waals surface area contributed by atoms with Gasteiger partial charge in [-0.3, -0.25) is 33.2 Å². The third kappa shape index (κ3) is 6.33. The molecule has 6 heterocycles. The molecule has 0 aromatic rings. The van der Waals surface area contributed by atoms with Gasteiger partial charge in [0.15, 0.2) is 11.6 Å². The summed E-state index contributed by atoms with van der Waals surface area (Å²) in [6, 6.07) is 0. The van der Waals surface area contributed by atoms with Gasteiger partial charge in [-0.25, -0.2) is 9.09 Å². The van der Waals surface area contributed by atoms with Crippen LogP contribution in [0, 0.1) is 17.8 Å². The van der Waals surface area contributed by atoms with Gasteiger partial charge >= 0.3 is 13.8 Å². The predicted octanol–water partition coefficient (Wildman–Crippen LogP) is 2.05. The lowest BCUT2D eigenvalue weighted by atomic mass is 9.74. The molecule has 2 unspecified atom stereocenters. The van der Waals surface area contributed by atoms with E-state index < -0.39 is 31.7 Å². The SMILES string of the molecule is COCC1(COP(=O)(OCOC(=O)CC(C)C)OCC2(COC)C(=O)C3CCN2CC3)C(=O)C2CCN1CC2. The van der Waals surface area contributed by atoms with Crippen molar-refractivity contribution in [2.45, 2.75) is 57.0 Å². The highest BCUT2D eigenvalue weighted by Gasteiger charge is 2.56. The molecule has 0 aromatic heterocycles. The van der Waals surface area contributed by atoms with Crippen LogP contribution in [-0.4, -0.2) is 112 Å². The van der Waals surface area contributed by atoms with Crippen LogP contribution in [0.3, 0.4) is 0 Å². The summed E-state index contributed by atoms with van der Waals surface area (Å²) in [6.07, 6.45) is 3.22. The predicted molar refractivity (Wildman–Crippen MR) is 139 cm³/mol. The number of hydrogen-bond donors (Lipinski definition) is 0. The number of esters is 1. The van der Waals surface area contributed by atoms with E-state index in [0.29, 0.717) is 26.2 Å². The maximum atomic E-state index is 14.0. The first-order valence-corrected chi connectivity index (χ1v) is 15.3. The number of ether oxygens (including phenoxy) is 3. The van der Waals surface area contributed by atoms with Gasteiger partial charge in [0.2, 0.25) is 6.79 Å². The minimum absolute atomic E-state index is 0.0153. The highest BCUT2D eigenvalue weighted by atomic mass is 31.2. The monoisotopic (exact) mass is 574 g/mol. The molecule has 6 saturated heterocycles. The number of piperidine rings is 6. The number of Topliss-reactive ketones (excluding diaryl/α,β-unsaturated/α-hetero) is 2. The third-order valence-corrected chi connectivity index (χ3v) is 9.87. The number of hydrogen-bond acceptors (Lipinski definition) is 12. The van der Waals surface area contributed by atoms with E-state index in [0.717, 1.165) is 25.7 Å². The van der Waals surface area contributed by atoms with Gasteiger partial charge in [0.1, 0.15) is 11.1 Å². The molecule has 0 N–H and O–H groups in total. The highest BCUT2D eigenvalue weighted by Crippen LogP contribution is 2.53. The number of rotatable bonds is 15. The number of fused-ring (bicyclic) bond motifs is 6. The van der Waals surface area contributed by atoms with Gasteiger partial charge in [0, 0.05) is 32.5 Å². The lowest BCUT2D eigenvalue weighted by Crippen LogP contribution is -2.69. The van der Waals surface area contributed by atoms with Gasteiger partial charge < -0.3 is 14.2 Å². The number of carbonyl (C=O) groups excluding carboxylic acids is 3. The second kappa shape index (κ2) is 12.7. The van der Waals surface area contributed by atoms with E-state index in [9.17, 15) is 18.9 Å². The molecular formula is C26H43N2O10P. The van der Waals surface area contributed by atoms with E-state index in [2.05, 4.69) is 0 Å². The summed E-state index contributed by atoms with van der Waals surface area (Å²) in [5, 5.41) is 0. The van der Waals surface area contributed by atoms with Crippen LogP contribution in [0.5, 0.6) is 0 Å². The zero-order valence-corrected chi connectivity index (χ0v) is 24.5. The van der Waals surface area contributed by atoms with Crippen LogP contribution in [0.15, 0.2) is 0 Å². The average Bonchev–Trinajstić information content (AvgIpc) is 2.91. The van der Waals surface area contributed by atoms with Crippen LogP contribution >= 0.6 is 7.82 Å². The first kappa shape index (κ1) is 30.7. The van der Waals surface area contributed by atoms with Crippen molar-refractivity contribution in [2.24, 2.45) is 17.8 Å². The van der Waals surface area contributed by atoms with Gasteiger partial charge in [-0.1, -0.05) is 13.8 Å². The van der Waals surface area contributed by atoms with Crippen molar-refractivity contribution >= 4 is 25.4 Å². The smallest absolute Gasteiger partial charge is 0.438 e. The van der Waals surface area contributed by atoms with Crippen LogP contribution in [0.2, 0.25) is 0 Å². The summed E-state index contributed by atoms with van der Waals surface area (Å²) in [5.41, 5.74) is -2.25. The molecule has 0 saturated carbocycles. The van der Waals surface area contributed by atoms with Gasteiger partial charge in [0.25, 0.3) is 0 Å². The van der Waals surface area contributed by atoms with Crippen molar-refractivity contribution in [3.05, 3.63) is 0 Å². The minimum atomic E-state index is -4.42. The maximum absolute atomic E-state index is 14.0. The highest BCUT2D eigenvalue weighted by molar-refractivity contribution is 7.48. The van der Waals surface area contributed by atoms with E-state index in [4.69, 9.17) is 27.8 Å². The Morgan fingerprint density at radius 3 is 1.62 bits per heavy atom. The van der Waals surface area contributed by atoms with Crippen LogP contribution in [0.1, 0.15) is 46.0 Å². The quantitative estimate of drug-likeness (QED) is 0.161. The molecule has 0 amide bonds. The van der Waals surface area contributed by atoms with Crippen molar-refractivity contribution in [1.82, 2.24) is 9.80 Å². The first-order chi connectivity index (χ1) is 18.6. The summed E-state index contributed by atoms with van der Waals surface area (Å²) in [7, 11) is -1.41. The number of phosphoric acid groups is 1. The number of methoxy groups -OCH3 is 2. The second-order valence-electron chi connectivity index (χ2n) is 11.5. The molecule has 39 heavy (non-hydrogen) atoms. The Balaban J connectivity index is 1.52. The first-order valence-electron chi connectivity index (χ1n) is 13.8. The summed E-state index contributed by atoms with van der Waals surface area (Å²) in [5.74, 6) is -0.694. The molecule has 6 rings (SSSR count). The average molecular weight is 575 g/mol.